The molecule has 0 radical (unpaired) electrons. The Morgan fingerprint density at radius 2 is 1.59 bits per heavy atom. The van der Waals surface area contributed by atoms with Crippen LogP contribution in [0, 0.1) is 0 Å². The topological polar surface area (TPSA) is 59.8 Å². The molecular formula is C25H24N4OS2. The Bertz CT molecular complexity index is 1180. The molecule has 0 saturated heterocycles. The van der Waals surface area contributed by atoms with E-state index in [1.165, 1.54) is 11.8 Å². The summed E-state index contributed by atoms with van der Waals surface area (Å²) in [4.78, 5) is 14.0. The number of carbonyl (C=O) groups excluding carboxylic acids is 1. The van der Waals surface area contributed by atoms with Gasteiger partial charge in [-0.25, -0.2) is 0 Å². The van der Waals surface area contributed by atoms with Gasteiger partial charge in [0.05, 0.1) is 10.9 Å². The Morgan fingerprint density at radius 3 is 2.31 bits per heavy atom. The standard InChI is InChI=1S/C25H24N4OS2/c1-18(24(30)26-21-15-9-10-16-22(21)31-2)32-25-28-27-23(17-19-11-5-3-6-12-19)29(25)20-13-7-4-8-14-20/h3-16,18H,17H2,1-2H3,(H,26,30). The molecule has 0 fully saturated rings. The van der Waals surface area contributed by atoms with E-state index in [1.807, 2.05) is 90.5 Å². The van der Waals surface area contributed by atoms with Gasteiger partial charge in [-0.2, -0.15) is 0 Å². The molecule has 4 aromatic rings. The lowest BCUT2D eigenvalue weighted by Gasteiger charge is -2.15. The van der Waals surface area contributed by atoms with Gasteiger partial charge in [0.1, 0.15) is 5.82 Å². The van der Waals surface area contributed by atoms with Gasteiger partial charge in [0, 0.05) is 17.0 Å². The highest BCUT2D eigenvalue weighted by atomic mass is 32.2. The summed E-state index contributed by atoms with van der Waals surface area (Å²) in [6, 6.07) is 28.0. The summed E-state index contributed by atoms with van der Waals surface area (Å²) in [5, 5.41) is 12.3. The molecule has 0 bridgehead atoms. The number of benzene rings is 3. The normalized spacial score (nSPS) is 11.8. The van der Waals surface area contributed by atoms with E-state index in [1.54, 1.807) is 11.8 Å². The molecule has 3 aromatic carbocycles. The van der Waals surface area contributed by atoms with Gasteiger partial charge in [-0.05, 0) is 43.0 Å². The zero-order valence-electron chi connectivity index (χ0n) is 17.9. The fourth-order valence-corrected chi connectivity index (χ4v) is 4.74. The van der Waals surface area contributed by atoms with Gasteiger partial charge in [0.25, 0.3) is 0 Å². The summed E-state index contributed by atoms with van der Waals surface area (Å²) in [6.07, 6.45) is 2.66. The number of rotatable bonds is 8. The molecule has 0 aliphatic carbocycles. The lowest BCUT2D eigenvalue weighted by Crippen LogP contribution is -2.23. The quantitative estimate of drug-likeness (QED) is 0.342. The van der Waals surface area contributed by atoms with Crippen LogP contribution in [0.5, 0.6) is 0 Å². The number of carbonyl (C=O) groups is 1. The minimum absolute atomic E-state index is 0.0660. The molecule has 0 saturated carbocycles. The molecule has 0 aliphatic heterocycles. The molecule has 1 unspecified atom stereocenters. The molecule has 32 heavy (non-hydrogen) atoms. The monoisotopic (exact) mass is 460 g/mol. The number of para-hydroxylation sites is 2. The zero-order chi connectivity index (χ0) is 22.3. The van der Waals surface area contributed by atoms with E-state index in [4.69, 9.17) is 0 Å². The molecule has 0 spiro atoms. The van der Waals surface area contributed by atoms with Crippen molar-refractivity contribution in [3.05, 3.63) is 96.3 Å². The van der Waals surface area contributed by atoms with Crippen molar-refractivity contribution in [1.29, 1.82) is 0 Å². The minimum Gasteiger partial charge on any atom is -0.324 e. The minimum atomic E-state index is -0.346. The lowest BCUT2D eigenvalue weighted by atomic mass is 10.1. The van der Waals surface area contributed by atoms with Crippen molar-refractivity contribution >= 4 is 35.1 Å². The van der Waals surface area contributed by atoms with E-state index in [0.717, 1.165) is 27.7 Å². The first-order chi connectivity index (χ1) is 15.7. The maximum absolute atomic E-state index is 12.9. The third-order valence-electron chi connectivity index (χ3n) is 4.94. The second-order valence-electron chi connectivity index (χ2n) is 7.18. The fourth-order valence-electron chi connectivity index (χ4n) is 3.30. The predicted octanol–water partition coefficient (Wildman–Crippen LogP) is 5.70. The first kappa shape index (κ1) is 22.2. The van der Waals surface area contributed by atoms with Gasteiger partial charge >= 0.3 is 0 Å². The van der Waals surface area contributed by atoms with Crippen molar-refractivity contribution in [3.63, 3.8) is 0 Å². The Kier molecular flexibility index (Phi) is 7.29. The number of thioether (sulfide) groups is 2. The predicted molar refractivity (Wildman–Crippen MR) is 133 cm³/mol. The lowest BCUT2D eigenvalue weighted by molar-refractivity contribution is -0.115. The van der Waals surface area contributed by atoms with Crippen molar-refractivity contribution in [1.82, 2.24) is 14.8 Å². The largest absolute Gasteiger partial charge is 0.324 e. The van der Waals surface area contributed by atoms with Crippen LogP contribution in [0.15, 0.2) is 95.0 Å². The van der Waals surface area contributed by atoms with E-state index in [0.29, 0.717) is 11.6 Å². The van der Waals surface area contributed by atoms with Gasteiger partial charge in [-0.1, -0.05) is 72.4 Å². The zero-order valence-corrected chi connectivity index (χ0v) is 19.6. The van der Waals surface area contributed by atoms with Crippen LogP contribution in [0.1, 0.15) is 18.3 Å². The molecule has 1 N–H and O–H groups in total. The van der Waals surface area contributed by atoms with E-state index >= 15 is 0 Å². The summed E-state index contributed by atoms with van der Waals surface area (Å²) < 4.78 is 2.04. The number of anilines is 1. The summed E-state index contributed by atoms with van der Waals surface area (Å²) in [7, 11) is 0. The summed E-state index contributed by atoms with van der Waals surface area (Å²) in [5.41, 5.74) is 2.96. The fraction of sp³-hybridized carbons (Fsp3) is 0.160. The van der Waals surface area contributed by atoms with Gasteiger partial charge in [0.2, 0.25) is 5.91 Å². The highest BCUT2D eigenvalue weighted by molar-refractivity contribution is 8.00. The maximum Gasteiger partial charge on any atom is 0.237 e. The van der Waals surface area contributed by atoms with Crippen molar-refractivity contribution in [2.75, 3.05) is 11.6 Å². The number of nitrogens with one attached hydrogen (secondary N) is 1. The summed E-state index contributed by atoms with van der Waals surface area (Å²) in [5.74, 6) is 0.772. The van der Waals surface area contributed by atoms with E-state index in [2.05, 4.69) is 27.6 Å². The number of hydrogen-bond acceptors (Lipinski definition) is 5. The Hall–Kier alpha value is -3.03. The van der Waals surface area contributed by atoms with Crippen LogP contribution in [0.3, 0.4) is 0 Å². The van der Waals surface area contributed by atoms with Gasteiger partial charge in [-0.3, -0.25) is 9.36 Å². The van der Waals surface area contributed by atoms with Crippen molar-refractivity contribution in [2.24, 2.45) is 0 Å². The summed E-state index contributed by atoms with van der Waals surface area (Å²) >= 11 is 3.02. The smallest absolute Gasteiger partial charge is 0.237 e. The molecule has 1 atom stereocenters. The molecule has 162 valence electrons. The third-order valence-corrected chi connectivity index (χ3v) is 6.77. The van der Waals surface area contributed by atoms with Gasteiger partial charge in [-0.15, -0.1) is 22.0 Å². The molecule has 7 heteroatoms. The molecule has 5 nitrogen and oxygen atoms in total. The number of aromatic nitrogens is 3. The van der Waals surface area contributed by atoms with Crippen LogP contribution in [0.4, 0.5) is 5.69 Å². The SMILES string of the molecule is CSc1ccccc1NC(=O)C(C)Sc1nnc(Cc2ccccc2)n1-c1ccccc1. The number of nitrogens with zero attached hydrogens (tertiary/aromatic N) is 3. The van der Waals surface area contributed by atoms with Crippen LogP contribution in [-0.4, -0.2) is 32.2 Å². The molecular weight excluding hydrogens is 436 g/mol. The van der Waals surface area contributed by atoms with Crippen LogP contribution in [0.2, 0.25) is 0 Å². The van der Waals surface area contributed by atoms with Crippen LogP contribution < -0.4 is 5.32 Å². The average Bonchev–Trinajstić information content (AvgIpc) is 3.22. The van der Waals surface area contributed by atoms with Gasteiger partial charge in [0.15, 0.2) is 5.16 Å². The highest BCUT2D eigenvalue weighted by Crippen LogP contribution is 2.29. The Balaban J connectivity index is 1.58. The molecule has 1 aromatic heterocycles. The van der Waals surface area contributed by atoms with Crippen LogP contribution >= 0.6 is 23.5 Å². The van der Waals surface area contributed by atoms with Crippen molar-refractivity contribution in [2.45, 2.75) is 28.6 Å². The number of amides is 1. The van der Waals surface area contributed by atoms with Crippen LogP contribution in [-0.2, 0) is 11.2 Å². The van der Waals surface area contributed by atoms with Crippen molar-refractivity contribution < 1.29 is 4.79 Å². The van der Waals surface area contributed by atoms with E-state index in [-0.39, 0.29) is 11.2 Å². The Morgan fingerprint density at radius 1 is 0.938 bits per heavy atom. The Labute approximate surface area is 196 Å². The first-order valence-corrected chi connectivity index (χ1v) is 12.4. The molecule has 1 amide bonds. The molecule has 1 heterocycles. The highest BCUT2D eigenvalue weighted by Gasteiger charge is 2.22. The number of hydrogen-bond donors (Lipinski definition) is 1. The summed E-state index contributed by atoms with van der Waals surface area (Å²) in [6.45, 7) is 1.89. The second-order valence-corrected chi connectivity index (χ2v) is 9.34. The van der Waals surface area contributed by atoms with Crippen LogP contribution in [0.25, 0.3) is 5.69 Å². The van der Waals surface area contributed by atoms with E-state index in [9.17, 15) is 4.79 Å². The molecule has 4 rings (SSSR count). The second kappa shape index (κ2) is 10.5. The first-order valence-electron chi connectivity index (χ1n) is 10.3. The average molecular weight is 461 g/mol. The third kappa shape index (κ3) is 5.23. The maximum atomic E-state index is 12.9. The van der Waals surface area contributed by atoms with Crippen molar-refractivity contribution in [3.8, 4) is 5.69 Å². The molecule has 0 aliphatic rings. The van der Waals surface area contributed by atoms with Gasteiger partial charge < -0.3 is 5.32 Å². The van der Waals surface area contributed by atoms with E-state index < -0.39 is 0 Å².